The number of carbonyl (C=O) groups is 1. The van der Waals surface area contributed by atoms with E-state index in [2.05, 4.69) is 33.2 Å². The van der Waals surface area contributed by atoms with Crippen molar-refractivity contribution in [2.24, 2.45) is 5.92 Å². The van der Waals surface area contributed by atoms with Gasteiger partial charge in [-0.3, -0.25) is 0 Å². The molecule has 1 saturated heterocycles. The van der Waals surface area contributed by atoms with E-state index >= 15 is 0 Å². The maximum atomic E-state index is 10.9. The second-order valence-electron chi connectivity index (χ2n) is 5.46. The Kier molecular flexibility index (Phi) is 5.43. The van der Waals surface area contributed by atoms with Crippen molar-refractivity contribution in [3.05, 3.63) is 28.2 Å². The first kappa shape index (κ1) is 15.3. The summed E-state index contributed by atoms with van der Waals surface area (Å²) in [4.78, 5) is 13.2. The van der Waals surface area contributed by atoms with Gasteiger partial charge < -0.3 is 15.3 Å². The number of hydrogen-bond acceptors (Lipinski definition) is 3. The smallest absolute Gasteiger partial charge is 0.335 e. The van der Waals surface area contributed by atoms with E-state index in [1.54, 1.807) is 12.1 Å². The molecule has 0 amide bonds. The molecule has 0 saturated carbocycles. The zero-order valence-corrected chi connectivity index (χ0v) is 13.3. The minimum Gasteiger partial charge on any atom is -0.478 e. The van der Waals surface area contributed by atoms with Gasteiger partial charge in [-0.1, -0.05) is 0 Å². The van der Waals surface area contributed by atoms with Gasteiger partial charge in [0, 0.05) is 16.7 Å². The van der Waals surface area contributed by atoms with E-state index < -0.39 is 5.97 Å². The second-order valence-corrected chi connectivity index (χ2v) is 6.32. The lowest BCUT2D eigenvalue weighted by Gasteiger charge is -2.29. The van der Waals surface area contributed by atoms with E-state index in [0.717, 1.165) is 22.6 Å². The Morgan fingerprint density at radius 3 is 2.75 bits per heavy atom. The van der Waals surface area contributed by atoms with Gasteiger partial charge in [0.1, 0.15) is 0 Å². The molecule has 0 aromatic heterocycles. The molecular weight excluding hydrogens is 320 g/mol. The summed E-state index contributed by atoms with van der Waals surface area (Å²) in [5, 5.41) is 12.3. The van der Waals surface area contributed by atoms with Crippen molar-refractivity contribution < 1.29 is 9.90 Å². The molecule has 5 heteroatoms. The number of benzene rings is 1. The third-order valence-electron chi connectivity index (χ3n) is 3.92. The van der Waals surface area contributed by atoms with E-state index in [9.17, 15) is 4.79 Å². The largest absolute Gasteiger partial charge is 0.478 e. The first-order valence-corrected chi connectivity index (χ1v) is 7.81. The van der Waals surface area contributed by atoms with Gasteiger partial charge in [-0.15, -0.1) is 0 Å². The molecular formula is C15H21BrN2O2. The molecule has 1 aromatic rings. The van der Waals surface area contributed by atoms with Crippen LogP contribution in [0.2, 0.25) is 0 Å². The molecule has 0 bridgehead atoms. The lowest BCUT2D eigenvalue weighted by atomic mass is 9.94. The topological polar surface area (TPSA) is 52.6 Å². The van der Waals surface area contributed by atoms with Crippen LogP contribution in [0, 0.1) is 5.92 Å². The van der Waals surface area contributed by atoms with Crippen molar-refractivity contribution in [2.75, 3.05) is 32.0 Å². The molecule has 1 aliphatic rings. The highest BCUT2D eigenvalue weighted by Crippen LogP contribution is 2.25. The maximum Gasteiger partial charge on any atom is 0.335 e. The predicted molar refractivity (Wildman–Crippen MR) is 84.4 cm³/mol. The number of likely N-dealkylation sites (tertiary alicyclic amines) is 1. The highest BCUT2D eigenvalue weighted by atomic mass is 79.9. The van der Waals surface area contributed by atoms with Crippen LogP contribution in [-0.2, 0) is 0 Å². The van der Waals surface area contributed by atoms with Crippen LogP contribution in [0.15, 0.2) is 22.7 Å². The van der Waals surface area contributed by atoms with Gasteiger partial charge >= 0.3 is 5.97 Å². The molecule has 0 atom stereocenters. The van der Waals surface area contributed by atoms with Crippen molar-refractivity contribution in [2.45, 2.75) is 19.3 Å². The Balaban J connectivity index is 1.81. The molecule has 1 aliphatic heterocycles. The number of carboxylic acid groups (broad SMARTS) is 1. The fraction of sp³-hybridized carbons (Fsp3) is 0.533. The van der Waals surface area contributed by atoms with Gasteiger partial charge in [0.05, 0.1) is 5.56 Å². The van der Waals surface area contributed by atoms with Crippen LogP contribution in [0.5, 0.6) is 0 Å². The van der Waals surface area contributed by atoms with E-state index in [1.165, 1.54) is 32.4 Å². The van der Waals surface area contributed by atoms with Gasteiger partial charge in [-0.25, -0.2) is 4.79 Å². The fourth-order valence-corrected chi connectivity index (χ4v) is 3.07. The summed E-state index contributed by atoms with van der Waals surface area (Å²) >= 11 is 3.42. The molecule has 4 nitrogen and oxygen atoms in total. The van der Waals surface area contributed by atoms with E-state index in [-0.39, 0.29) is 0 Å². The summed E-state index contributed by atoms with van der Waals surface area (Å²) in [6, 6.07) is 5.09. The first-order chi connectivity index (χ1) is 9.56. The predicted octanol–water partition coefficient (Wildman–Crippen LogP) is 3.29. The number of nitrogens with one attached hydrogen (secondary N) is 1. The molecule has 1 fully saturated rings. The van der Waals surface area contributed by atoms with Crippen LogP contribution >= 0.6 is 15.9 Å². The van der Waals surface area contributed by atoms with Crippen molar-refractivity contribution in [3.8, 4) is 0 Å². The minimum absolute atomic E-state index is 0.303. The van der Waals surface area contributed by atoms with Crippen molar-refractivity contribution in [1.82, 2.24) is 4.90 Å². The van der Waals surface area contributed by atoms with E-state index in [0.29, 0.717) is 5.56 Å². The summed E-state index contributed by atoms with van der Waals surface area (Å²) < 4.78 is 0.806. The number of aromatic carboxylic acids is 1. The van der Waals surface area contributed by atoms with Crippen LogP contribution in [0.25, 0.3) is 0 Å². The zero-order chi connectivity index (χ0) is 14.5. The Morgan fingerprint density at radius 2 is 2.15 bits per heavy atom. The summed E-state index contributed by atoms with van der Waals surface area (Å²) in [5.41, 5.74) is 1.26. The lowest BCUT2D eigenvalue weighted by molar-refractivity contribution is 0.0697. The summed E-state index contributed by atoms with van der Waals surface area (Å²) in [7, 11) is 2.18. The first-order valence-electron chi connectivity index (χ1n) is 7.01. The monoisotopic (exact) mass is 340 g/mol. The third-order valence-corrected chi connectivity index (χ3v) is 4.58. The Hall–Kier alpha value is -1.07. The fourth-order valence-electron chi connectivity index (χ4n) is 2.55. The molecule has 2 rings (SSSR count). The maximum absolute atomic E-state index is 10.9. The number of rotatable bonds is 5. The minimum atomic E-state index is -0.899. The molecule has 2 N–H and O–H groups in total. The number of halogens is 1. The van der Waals surface area contributed by atoms with E-state index in [1.807, 2.05) is 6.07 Å². The van der Waals surface area contributed by atoms with Crippen LogP contribution in [-0.4, -0.2) is 42.7 Å². The van der Waals surface area contributed by atoms with Gasteiger partial charge in [0.25, 0.3) is 0 Å². The van der Waals surface area contributed by atoms with Crippen LogP contribution in [0.1, 0.15) is 29.6 Å². The van der Waals surface area contributed by atoms with Crippen molar-refractivity contribution in [3.63, 3.8) is 0 Å². The quantitative estimate of drug-likeness (QED) is 0.863. The number of piperidine rings is 1. The van der Waals surface area contributed by atoms with Gasteiger partial charge in [0.2, 0.25) is 0 Å². The SMILES string of the molecule is CN1CCC(CCNc2ccc(C(=O)O)cc2Br)CC1. The molecule has 1 aromatic carbocycles. The van der Waals surface area contributed by atoms with Gasteiger partial charge in [0.15, 0.2) is 0 Å². The normalized spacial score (nSPS) is 17.1. The zero-order valence-electron chi connectivity index (χ0n) is 11.7. The highest BCUT2D eigenvalue weighted by molar-refractivity contribution is 9.10. The van der Waals surface area contributed by atoms with E-state index in [4.69, 9.17) is 5.11 Å². The number of anilines is 1. The molecule has 0 unspecified atom stereocenters. The van der Waals surface area contributed by atoms with Gasteiger partial charge in [-0.05, 0) is 79.4 Å². The van der Waals surface area contributed by atoms with Crippen LogP contribution < -0.4 is 5.32 Å². The average molecular weight is 341 g/mol. The molecule has 20 heavy (non-hydrogen) atoms. The summed E-state index contributed by atoms with van der Waals surface area (Å²) in [5.74, 6) is -0.0978. The van der Waals surface area contributed by atoms with Crippen molar-refractivity contribution >= 4 is 27.6 Å². The number of nitrogens with zero attached hydrogens (tertiary/aromatic N) is 1. The number of carboxylic acids is 1. The van der Waals surface area contributed by atoms with Crippen LogP contribution in [0.4, 0.5) is 5.69 Å². The Morgan fingerprint density at radius 1 is 1.45 bits per heavy atom. The second kappa shape index (κ2) is 7.09. The third kappa shape index (κ3) is 4.21. The summed E-state index contributed by atoms with van der Waals surface area (Å²) in [6.07, 6.45) is 3.72. The standard InChI is InChI=1S/C15H21BrN2O2/c1-18-8-5-11(6-9-18)4-7-17-14-3-2-12(15(19)20)10-13(14)16/h2-3,10-11,17H,4-9H2,1H3,(H,19,20). The van der Waals surface area contributed by atoms with Crippen LogP contribution in [0.3, 0.4) is 0 Å². The summed E-state index contributed by atoms with van der Waals surface area (Å²) in [6.45, 7) is 3.32. The average Bonchev–Trinajstić information content (AvgIpc) is 2.42. The highest BCUT2D eigenvalue weighted by Gasteiger charge is 2.16. The molecule has 0 spiro atoms. The lowest BCUT2D eigenvalue weighted by Crippen LogP contribution is -2.30. The van der Waals surface area contributed by atoms with Crippen molar-refractivity contribution in [1.29, 1.82) is 0 Å². The number of hydrogen-bond donors (Lipinski definition) is 2. The Bertz CT molecular complexity index is 471. The molecule has 0 aliphatic carbocycles. The molecule has 1 heterocycles. The van der Waals surface area contributed by atoms with Gasteiger partial charge in [-0.2, -0.15) is 0 Å². The molecule has 0 radical (unpaired) electrons. The molecule has 110 valence electrons. The Labute approximate surface area is 128 Å².